The van der Waals surface area contributed by atoms with Crippen LogP contribution in [0.1, 0.15) is 26.2 Å². The second-order valence-corrected chi connectivity index (χ2v) is 6.36. The highest BCUT2D eigenvalue weighted by Crippen LogP contribution is 2.27. The molecule has 1 aromatic rings. The fourth-order valence-corrected chi connectivity index (χ4v) is 3.20. The summed E-state index contributed by atoms with van der Waals surface area (Å²) in [6, 6.07) is 0. The molecule has 110 valence electrons. The summed E-state index contributed by atoms with van der Waals surface area (Å²) >= 11 is 1.69. The Kier molecular flexibility index (Phi) is 4.57. The van der Waals surface area contributed by atoms with Gasteiger partial charge in [0.05, 0.1) is 18.5 Å². The molecule has 3 rings (SSSR count). The molecule has 1 aromatic heterocycles. The summed E-state index contributed by atoms with van der Waals surface area (Å²) in [5.41, 5.74) is 0. The van der Waals surface area contributed by atoms with E-state index in [4.69, 9.17) is 4.74 Å². The maximum absolute atomic E-state index is 5.21. The van der Waals surface area contributed by atoms with Gasteiger partial charge in [-0.3, -0.25) is 0 Å². The van der Waals surface area contributed by atoms with Gasteiger partial charge in [-0.05, 0) is 26.2 Å². The van der Waals surface area contributed by atoms with Crippen molar-refractivity contribution in [3.63, 3.8) is 0 Å². The highest BCUT2D eigenvalue weighted by Gasteiger charge is 2.23. The van der Waals surface area contributed by atoms with E-state index in [1.54, 1.807) is 11.8 Å². The minimum absolute atomic E-state index is 0.487. The number of anilines is 2. The minimum atomic E-state index is 0.487. The highest BCUT2D eigenvalue weighted by molar-refractivity contribution is 7.99. The van der Waals surface area contributed by atoms with Crippen LogP contribution in [0.25, 0.3) is 0 Å². The van der Waals surface area contributed by atoms with Crippen molar-refractivity contribution in [1.29, 1.82) is 0 Å². The van der Waals surface area contributed by atoms with Crippen molar-refractivity contribution in [1.82, 2.24) is 15.0 Å². The summed E-state index contributed by atoms with van der Waals surface area (Å²) in [5, 5.41) is 4.50. The first-order valence-electron chi connectivity index (χ1n) is 7.34. The van der Waals surface area contributed by atoms with Crippen LogP contribution in [0.5, 0.6) is 0 Å². The largest absolute Gasteiger partial charge is 0.379 e. The third-order valence-corrected chi connectivity index (χ3v) is 4.46. The van der Waals surface area contributed by atoms with Crippen molar-refractivity contribution in [2.24, 2.45) is 0 Å². The lowest BCUT2D eigenvalue weighted by Gasteiger charge is -2.28. The smallest absolute Gasteiger partial charge is 0.231 e. The van der Waals surface area contributed by atoms with E-state index in [0.29, 0.717) is 11.2 Å². The van der Waals surface area contributed by atoms with Crippen LogP contribution < -0.4 is 10.2 Å². The van der Waals surface area contributed by atoms with Gasteiger partial charge in [0.1, 0.15) is 0 Å². The van der Waals surface area contributed by atoms with Gasteiger partial charge in [-0.15, -0.1) is 0 Å². The van der Waals surface area contributed by atoms with Gasteiger partial charge in [-0.2, -0.15) is 15.0 Å². The quantitative estimate of drug-likeness (QED) is 0.888. The molecule has 2 fully saturated rings. The van der Waals surface area contributed by atoms with Crippen molar-refractivity contribution in [2.45, 2.75) is 36.6 Å². The average molecular weight is 295 g/mol. The van der Waals surface area contributed by atoms with Crippen LogP contribution in [0.4, 0.5) is 11.9 Å². The van der Waals surface area contributed by atoms with Crippen molar-refractivity contribution in [2.75, 3.05) is 43.1 Å². The Bertz CT molecular complexity index is 448. The molecule has 0 saturated carbocycles. The van der Waals surface area contributed by atoms with E-state index >= 15 is 0 Å². The predicted octanol–water partition coefficient (Wildman–Crippen LogP) is 1.78. The highest BCUT2D eigenvalue weighted by atomic mass is 32.2. The van der Waals surface area contributed by atoms with Gasteiger partial charge in [0.2, 0.25) is 11.9 Å². The minimum Gasteiger partial charge on any atom is -0.379 e. The first kappa shape index (κ1) is 13.9. The number of aromatic nitrogens is 3. The second-order valence-electron chi connectivity index (χ2n) is 5.10. The number of hydrogen-bond acceptors (Lipinski definition) is 7. The number of rotatable bonds is 5. The molecule has 2 aliphatic heterocycles. The Labute approximate surface area is 123 Å². The normalized spacial score (nSPS) is 19.8. The van der Waals surface area contributed by atoms with Crippen LogP contribution in [-0.2, 0) is 4.74 Å². The molecular weight excluding hydrogens is 274 g/mol. The first-order valence-corrected chi connectivity index (χ1v) is 8.22. The summed E-state index contributed by atoms with van der Waals surface area (Å²) in [6.07, 6.45) is 3.75. The molecule has 0 bridgehead atoms. The van der Waals surface area contributed by atoms with Crippen LogP contribution in [0.3, 0.4) is 0 Å². The molecule has 0 amide bonds. The average Bonchev–Trinajstić information content (AvgIpc) is 2.44. The summed E-state index contributed by atoms with van der Waals surface area (Å²) in [7, 11) is 0. The zero-order valence-electron chi connectivity index (χ0n) is 11.8. The van der Waals surface area contributed by atoms with Crippen molar-refractivity contribution >= 4 is 23.7 Å². The molecule has 0 spiro atoms. The molecule has 20 heavy (non-hydrogen) atoms. The van der Waals surface area contributed by atoms with Crippen LogP contribution in [0, 0.1) is 0 Å². The third kappa shape index (κ3) is 3.32. The number of ether oxygens (including phenoxy) is 1. The zero-order chi connectivity index (χ0) is 13.8. The van der Waals surface area contributed by atoms with Crippen LogP contribution in [0.2, 0.25) is 0 Å². The summed E-state index contributed by atoms with van der Waals surface area (Å²) in [4.78, 5) is 15.9. The molecule has 0 aromatic carbocycles. The third-order valence-electron chi connectivity index (χ3n) is 3.46. The molecule has 0 atom stereocenters. The zero-order valence-corrected chi connectivity index (χ0v) is 12.7. The molecule has 3 heterocycles. The fraction of sp³-hybridized carbons (Fsp3) is 0.769. The van der Waals surface area contributed by atoms with Gasteiger partial charge in [-0.25, -0.2) is 0 Å². The summed E-state index contributed by atoms with van der Waals surface area (Å²) in [5.74, 6) is 1.50. The van der Waals surface area contributed by atoms with Gasteiger partial charge in [0.25, 0.3) is 0 Å². The monoisotopic (exact) mass is 295 g/mol. The molecular formula is C13H21N5OS. The van der Waals surface area contributed by atoms with E-state index in [0.717, 1.165) is 44.0 Å². The number of thioether (sulfide) groups is 1. The lowest BCUT2D eigenvalue weighted by Crippen LogP contribution is -2.32. The molecule has 0 aliphatic carbocycles. The molecule has 1 N–H and O–H groups in total. The molecule has 0 unspecified atom stereocenters. The van der Waals surface area contributed by atoms with E-state index in [-0.39, 0.29) is 0 Å². The van der Waals surface area contributed by atoms with Gasteiger partial charge >= 0.3 is 0 Å². The Hall–Kier alpha value is -1.08. The van der Waals surface area contributed by atoms with Gasteiger partial charge in [0.15, 0.2) is 5.16 Å². The number of piperidine rings is 1. The lowest BCUT2D eigenvalue weighted by molar-refractivity contribution is 0.0454. The van der Waals surface area contributed by atoms with E-state index in [2.05, 4.69) is 32.1 Å². The second kappa shape index (κ2) is 6.58. The number of nitrogens with one attached hydrogen (secondary N) is 1. The Morgan fingerprint density at radius 2 is 2.00 bits per heavy atom. The topological polar surface area (TPSA) is 63.2 Å². The lowest BCUT2D eigenvalue weighted by atomic mass is 10.1. The fourth-order valence-electron chi connectivity index (χ4n) is 2.30. The molecule has 7 heteroatoms. The molecule has 6 nitrogen and oxygen atoms in total. The van der Waals surface area contributed by atoms with Crippen LogP contribution in [-0.4, -0.2) is 53.0 Å². The SMILES string of the molecule is CCNc1nc(SC2COC2)nc(N2CCCCC2)n1. The molecule has 0 radical (unpaired) electrons. The predicted molar refractivity (Wildman–Crippen MR) is 80.5 cm³/mol. The maximum Gasteiger partial charge on any atom is 0.231 e. The van der Waals surface area contributed by atoms with Crippen molar-refractivity contribution < 1.29 is 4.74 Å². The van der Waals surface area contributed by atoms with Gasteiger partial charge < -0.3 is 15.0 Å². The molecule has 2 saturated heterocycles. The standard InChI is InChI=1S/C13H21N5OS/c1-2-14-11-15-12(18-6-4-3-5-7-18)17-13(16-11)20-10-8-19-9-10/h10H,2-9H2,1H3,(H,14,15,16,17). The van der Waals surface area contributed by atoms with E-state index in [1.807, 2.05) is 0 Å². The van der Waals surface area contributed by atoms with Crippen molar-refractivity contribution in [3.05, 3.63) is 0 Å². The van der Waals surface area contributed by atoms with Gasteiger partial charge in [-0.1, -0.05) is 11.8 Å². The number of nitrogens with zero attached hydrogens (tertiary/aromatic N) is 4. The molecule has 2 aliphatic rings. The van der Waals surface area contributed by atoms with E-state index in [9.17, 15) is 0 Å². The maximum atomic E-state index is 5.21. The van der Waals surface area contributed by atoms with Gasteiger partial charge in [0, 0.05) is 19.6 Å². The van der Waals surface area contributed by atoms with Crippen molar-refractivity contribution in [3.8, 4) is 0 Å². The Morgan fingerprint density at radius 1 is 1.20 bits per heavy atom. The van der Waals surface area contributed by atoms with Crippen LogP contribution >= 0.6 is 11.8 Å². The first-order chi connectivity index (χ1) is 9.85. The van der Waals surface area contributed by atoms with E-state index in [1.165, 1.54) is 19.3 Å². The summed E-state index contributed by atoms with van der Waals surface area (Å²) in [6.45, 7) is 6.56. The Morgan fingerprint density at radius 3 is 2.65 bits per heavy atom. The van der Waals surface area contributed by atoms with E-state index < -0.39 is 0 Å². The number of hydrogen-bond donors (Lipinski definition) is 1. The summed E-state index contributed by atoms with van der Waals surface area (Å²) < 4.78 is 5.21. The Balaban J connectivity index is 1.78. The van der Waals surface area contributed by atoms with Crippen LogP contribution in [0.15, 0.2) is 5.16 Å².